The van der Waals surface area contributed by atoms with Crippen LogP contribution in [0.25, 0.3) is 0 Å². The second-order valence-electron chi connectivity index (χ2n) is 12.6. The molecule has 242 valence electrons. The molecule has 8 rings (SSSR count). The van der Waals surface area contributed by atoms with Crippen LogP contribution in [0.5, 0.6) is 11.5 Å². The zero-order valence-electron chi connectivity index (χ0n) is 26.5. The lowest BCUT2D eigenvalue weighted by molar-refractivity contribution is -0.153. The zero-order valence-corrected chi connectivity index (χ0v) is 26.5. The van der Waals surface area contributed by atoms with Gasteiger partial charge in [0.1, 0.15) is 23.6 Å². The molecule has 10 nitrogen and oxygen atoms in total. The van der Waals surface area contributed by atoms with Crippen molar-refractivity contribution in [3.05, 3.63) is 131 Å². The van der Waals surface area contributed by atoms with Gasteiger partial charge in [-0.05, 0) is 46.5 Å². The Hall–Kier alpha value is -5.32. The number of hydrazine groups is 1. The summed E-state index contributed by atoms with van der Waals surface area (Å²) in [5.41, 5.74) is 3.19. The number of hydrogen-bond donors (Lipinski definition) is 0. The number of hydrogen-bond acceptors (Lipinski definition) is 8. The molecule has 0 saturated carbocycles. The first-order valence-electron chi connectivity index (χ1n) is 16.0. The van der Waals surface area contributed by atoms with E-state index in [1.807, 2.05) is 119 Å². The van der Waals surface area contributed by atoms with E-state index in [0.29, 0.717) is 11.5 Å². The van der Waals surface area contributed by atoms with Crippen molar-refractivity contribution >= 4 is 23.6 Å². The largest absolute Gasteiger partial charge is 0.497 e. The minimum atomic E-state index is -0.908. The molecule has 6 atom stereocenters. The first-order chi connectivity index (χ1) is 23.4. The van der Waals surface area contributed by atoms with Crippen LogP contribution in [0.4, 0.5) is 0 Å². The fraction of sp³-hybridized carbons (Fsp3) is 0.263. The summed E-state index contributed by atoms with van der Waals surface area (Å²) in [7, 11) is 3.16. The molecule has 4 fully saturated rings. The Kier molecular flexibility index (Phi) is 7.34. The van der Waals surface area contributed by atoms with Gasteiger partial charge in [0, 0.05) is 0 Å². The molecule has 48 heavy (non-hydrogen) atoms. The number of imide groups is 2. The second-order valence-corrected chi connectivity index (χ2v) is 12.6. The minimum absolute atomic E-state index is 0.136. The Balaban J connectivity index is 1.27. The van der Waals surface area contributed by atoms with Gasteiger partial charge in [-0.1, -0.05) is 84.9 Å². The summed E-state index contributed by atoms with van der Waals surface area (Å²) in [5, 5.41) is 3.77. The van der Waals surface area contributed by atoms with Crippen LogP contribution in [-0.4, -0.2) is 69.7 Å². The summed E-state index contributed by atoms with van der Waals surface area (Å²) in [6, 6.07) is 30.4. The number of carbonyl (C=O) groups excluding carboxylic acids is 4. The lowest BCUT2D eigenvalue weighted by Gasteiger charge is -2.35. The first kappa shape index (κ1) is 30.0. The average molecular weight is 643 g/mol. The molecule has 6 unspecified atom stereocenters. The Labute approximate surface area is 278 Å². The van der Waals surface area contributed by atoms with Crippen LogP contribution < -0.4 is 9.47 Å². The summed E-state index contributed by atoms with van der Waals surface area (Å²) in [5.74, 6) is -1.60. The highest BCUT2D eigenvalue weighted by Gasteiger charge is 2.73. The SMILES string of the molecule is COc1ccc(C2C3C(=O)N(Cc4ccccc4)C(=O)C3N3C(c4ccc(OC)cc4)C4C(=O)N(Cc5ccccc5)C(=O)C4N23)cc1. The van der Waals surface area contributed by atoms with Crippen molar-refractivity contribution in [3.63, 3.8) is 0 Å². The predicted octanol–water partition coefficient (Wildman–Crippen LogP) is 4.14. The van der Waals surface area contributed by atoms with E-state index in [-0.39, 0.29) is 36.7 Å². The molecule has 4 heterocycles. The van der Waals surface area contributed by atoms with Crippen molar-refractivity contribution in [2.24, 2.45) is 11.8 Å². The molecule has 4 amide bonds. The van der Waals surface area contributed by atoms with Crippen molar-refractivity contribution in [1.29, 1.82) is 0 Å². The number of methoxy groups -OCH3 is 2. The predicted molar refractivity (Wildman–Crippen MR) is 174 cm³/mol. The van der Waals surface area contributed by atoms with Gasteiger partial charge in [0.2, 0.25) is 23.6 Å². The maximum atomic E-state index is 14.5. The van der Waals surface area contributed by atoms with Gasteiger partial charge in [-0.15, -0.1) is 0 Å². The van der Waals surface area contributed by atoms with E-state index >= 15 is 0 Å². The average Bonchev–Trinajstić information content (AvgIpc) is 3.79. The van der Waals surface area contributed by atoms with Crippen LogP contribution in [0.3, 0.4) is 0 Å². The molecule has 0 bridgehead atoms. The summed E-state index contributed by atoms with van der Waals surface area (Å²) < 4.78 is 10.8. The van der Waals surface area contributed by atoms with Gasteiger partial charge in [0.05, 0.1) is 51.2 Å². The topological polar surface area (TPSA) is 99.7 Å². The highest BCUT2D eigenvalue weighted by molar-refractivity contribution is 6.10. The van der Waals surface area contributed by atoms with Crippen LogP contribution in [-0.2, 0) is 32.3 Å². The fourth-order valence-electron chi connectivity index (χ4n) is 8.06. The van der Waals surface area contributed by atoms with Crippen molar-refractivity contribution < 1.29 is 28.7 Å². The summed E-state index contributed by atoms with van der Waals surface area (Å²) in [6.45, 7) is 0.273. The molecule has 4 aliphatic rings. The van der Waals surface area contributed by atoms with Gasteiger partial charge in [0.15, 0.2) is 0 Å². The summed E-state index contributed by atoms with van der Waals surface area (Å²) in [6.07, 6.45) is 0. The molecule has 4 aliphatic heterocycles. The van der Waals surface area contributed by atoms with Crippen molar-refractivity contribution in [2.75, 3.05) is 14.2 Å². The lowest BCUT2D eigenvalue weighted by Crippen LogP contribution is -2.49. The standard InChI is InChI=1S/C38H34N4O6/c1-47-27-17-13-25(14-18-27)31-29-33(37(45)39(35(29)43)21-23-9-5-3-6-10-23)42-32(26-15-19-28(48-2)20-16-26)30-34(41(31)42)38(46)40(36(30)44)22-24-11-7-4-8-12-24/h3-20,29-34H,21-22H2,1-2H3. The Bertz CT molecular complexity index is 1750. The summed E-state index contributed by atoms with van der Waals surface area (Å²) >= 11 is 0. The Morgan fingerprint density at radius 1 is 0.458 bits per heavy atom. The quantitative estimate of drug-likeness (QED) is 0.265. The highest BCUT2D eigenvalue weighted by atomic mass is 16.5. The van der Waals surface area contributed by atoms with E-state index in [4.69, 9.17) is 9.47 Å². The molecule has 0 radical (unpaired) electrons. The van der Waals surface area contributed by atoms with Crippen LogP contribution >= 0.6 is 0 Å². The van der Waals surface area contributed by atoms with Crippen LogP contribution in [0.1, 0.15) is 34.3 Å². The Morgan fingerprint density at radius 3 is 1.15 bits per heavy atom. The fourth-order valence-corrected chi connectivity index (χ4v) is 8.06. The van der Waals surface area contributed by atoms with E-state index in [2.05, 4.69) is 0 Å². The van der Waals surface area contributed by atoms with Gasteiger partial charge in [-0.3, -0.25) is 29.0 Å². The number of benzene rings is 4. The van der Waals surface area contributed by atoms with Crippen molar-refractivity contribution in [1.82, 2.24) is 19.8 Å². The number of ether oxygens (including phenoxy) is 2. The number of likely N-dealkylation sites (tertiary alicyclic amines) is 2. The molecule has 4 aromatic carbocycles. The molecule has 4 aromatic rings. The van der Waals surface area contributed by atoms with Crippen molar-refractivity contribution in [2.45, 2.75) is 37.3 Å². The summed E-state index contributed by atoms with van der Waals surface area (Å²) in [4.78, 5) is 60.6. The van der Waals surface area contributed by atoms with E-state index in [9.17, 15) is 19.2 Å². The van der Waals surface area contributed by atoms with E-state index in [1.54, 1.807) is 14.2 Å². The number of nitrogens with zero attached hydrogens (tertiary/aromatic N) is 4. The third-order valence-corrected chi connectivity index (χ3v) is 10.2. The van der Waals surface area contributed by atoms with Gasteiger partial charge in [0.25, 0.3) is 0 Å². The Morgan fingerprint density at radius 2 is 0.812 bits per heavy atom. The number of fused-ring (bicyclic) bond motifs is 5. The molecule has 10 heteroatoms. The van der Waals surface area contributed by atoms with Crippen LogP contribution in [0.15, 0.2) is 109 Å². The number of carbonyl (C=O) groups is 4. The van der Waals surface area contributed by atoms with Crippen LogP contribution in [0.2, 0.25) is 0 Å². The van der Waals surface area contributed by atoms with Gasteiger partial charge in [-0.2, -0.15) is 0 Å². The number of amides is 4. The molecule has 4 saturated heterocycles. The van der Waals surface area contributed by atoms with Crippen molar-refractivity contribution in [3.8, 4) is 11.5 Å². The second kappa shape index (κ2) is 11.7. The smallest absolute Gasteiger partial charge is 0.249 e. The van der Waals surface area contributed by atoms with E-state index < -0.39 is 36.0 Å². The normalized spacial score (nSPS) is 26.6. The highest BCUT2D eigenvalue weighted by Crippen LogP contribution is 2.59. The third-order valence-electron chi connectivity index (χ3n) is 10.2. The van der Waals surface area contributed by atoms with Crippen LogP contribution in [0, 0.1) is 11.8 Å². The molecule has 0 N–H and O–H groups in total. The minimum Gasteiger partial charge on any atom is -0.497 e. The molecular weight excluding hydrogens is 608 g/mol. The van der Waals surface area contributed by atoms with Gasteiger partial charge in [-0.25, -0.2) is 10.0 Å². The van der Waals surface area contributed by atoms with E-state index in [1.165, 1.54) is 9.80 Å². The van der Waals surface area contributed by atoms with Gasteiger partial charge >= 0.3 is 0 Å². The van der Waals surface area contributed by atoms with Gasteiger partial charge < -0.3 is 9.47 Å². The molecular formula is C38H34N4O6. The maximum Gasteiger partial charge on any atom is 0.249 e. The molecule has 0 spiro atoms. The third kappa shape index (κ3) is 4.55. The molecule has 0 aliphatic carbocycles. The maximum absolute atomic E-state index is 14.5. The van der Waals surface area contributed by atoms with E-state index in [0.717, 1.165) is 22.3 Å². The number of rotatable bonds is 8. The zero-order chi connectivity index (χ0) is 33.1. The monoisotopic (exact) mass is 642 g/mol. The lowest BCUT2D eigenvalue weighted by atomic mass is 9.84. The molecule has 0 aromatic heterocycles. The first-order valence-corrected chi connectivity index (χ1v) is 16.0.